The predicted molar refractivity (Wildman–Crippen MR) is 138 cm³/mol. The van der Waals surface area contributed by atoms with Crippen LogP contribution in [0.25, 0.3) is 0 Å². The number of allylic oxidation sites excluding steroid dienone is 1. The van der Waals surface area contributed by atoms with Crippen molar-refractivity contribution in [2.75, 3.05) is 33.4 Å². The van der Waals surface area contributed by atoms with E-state index >= 15 is 0 Å². The van der Waals surface area contributed by atoms with Crippen LogP contribution in [0, 0.1) is 0 Å². The molecular formula is C27H39N5O3. The molecule has 35 heavy (non-hydrogen) atoms. The highest BCUT2D eigenvalue weighted by atomic mass is 16.5. The molecule has 0 aromatic heterocycles. The molecule has 2 heterocycles. The number of amides is 1. The normalized spacial score (nSPS) is 24.3. The van der Waals surface area contributed by atoms with Gasteiger partial charge in [0.15, 0.2) is 0 Å². The molecule has 8 nitrogen and oxygen atoms in total. The minimum Gasteiger partial charge on any atom is -0.390 e. The SMILES string of the molecule is C=C(NC1Cc2ccccc2C1)/C(C)=C(\N=CN)C(=O)N1CCC(NC2CCOCC2OC)CC1. The maximum atomic E-state index is 13.4. The van der Waals surface area contributed by atoms with Crippen molar-refractivity contribution < 1.29 is 14.3 Å². The molecule has 4 rings (SSSR count). The van der Waals surface area contributed by atoms with Gasteiger partial charge in [-0.1, -0.05) is 30.8 Å². The lowest BCUT2D eigenvalue weighted by atomic mass is 9.99. The number of nitrogens with zero attached hydrogens (tertiary/aromatic N) is 2. The van der Waals surface area contributed by atoms with Gasteiger partial charge in [0.05, 0.1) is 19.0 Å². The number of rotatable bonds is 8. The molecule has 0 spiro atoms. The highest BCUT2D eigenvalue weighted by molar-refractivity contribution is 5.95. The van der Waals surface area contributed by atoms with Crippen molar-refractivity contribution >= 4 is 12.2 Å². The van der Waals surface area contributed by atoms with E-state index in [2.05, 4.69) is 46.5 Å². The molecule has 0 bridgehead atoms. The van der Waals surface area contributed by atoms with Gasteiger partial charge in [0, 0.05) is 56.2 Å². The summed E-state index contributed by atoms with van der Waals surface area (Å²) in [5.41, 5.74) is 10.2. The van der Waals surface area contributed by atoms with Gasteiger partial charge in [-0.15, -0.1) is 0 Å². The summed E-state index contributed by atoms with van der Waals surface area (Å²) in [5.74, 6) is -0.0962. The lowest BCUT2D eigenvalue weighted by Gasteiger charge is -2.38. The Morgan fingerprint density at radius 2 is 1.89 bits per heavy atom. The van der Waals surface area contributed by atoms with Crippen LogP contribution < -0.4 is 16.4 Å². The first kappa shape index (κ1) is 25.4. The zero-order chi connectivity index (χ0) is 24.8. The highest BCUT2D eigenvalue weighted by Gasteiger charge is 2.31. The summed E-state index contributed by atoms with van der Waals surface area (Å²) in [4.78, 5) is 19.6. The van der Waals surface area contributed by atoms with E-state index in [0.717, 1.165) is 50.0 Å². The molecule has 1 aromatic carbocycles. The number of aliphatic imine (C=N–C) groups is 1. The fourth-order valence-corrected chi connectivity index (χ4v) is 5.38. The number of hydrogen-bond acceptors (Lipinski definition) is 6. The number of nitrogens with two attached hydrogens (primary N) is 1. The minimum atomic E-state index is -0.0962. The van der Waals surface area contributed by atoms with E-state index in [9.17, 15) is 4.79 Å². The number of fused-ring (bicyclic) bond motifs is 1. The van der Waals surface area contributed by atoms with Crippen LogP contribution in [-0.2, 0) is 27.1 Å². The largest absolute Gasteiger partial charge is 0.390 e. The third-order valence-electron chi connectivity index (χ3n) is 7.48. The zero-order valence-electron chi connectivity index (χ0n) is 21.0. The second kappa shape index (κ2) is 11.8. The molecule has 1 amide bonds. The third kappa shape index (κ3) is 6.12. The maximum absolute atomic E-state index is 13.4. The van der Waals surface area contributed by atoms with E-state index in [1.807, 2.05) is 11.8 Å². The van der Waals surface area contributed by atoms with Crippen LogP contribution in [0.3, 0.4) is 0 Å². The molecule has 1 aromatic rings. The van der Waals surface area contributed by atoms with Gasteiger partial charge in [-0.3, -0.25) is 4.79 Å². The smallest absolute Gasteiger partial charge is 0.272 e. The Labute approximate surface area is 208 Å². The van der Waals surface area contributed by atoms with Gasteiger partial charge in [-0.25, -0.2) is 4.99 Å². The molecule has 190 valence electrons. The lowest BCUT2D eigenvalue weighted by Crippen LogP contribution is -2.54. The van der Waals surface area contributed by atoms with E-state index < -0.39 is 0 Å². The Hall–Kier alpha value is -2.68. The molecule has 2 saturated heterocycles. The van der Waals surface area contributed by atoms with Gasteiger partial charge < -0.3 is 30.7 Å². The van der Waals surface area contributed by atoms with Gasteiger partial charge >= 0.3 is 0 Å². The zero-order valence-corrected chi connectivity index (χ0v) is 21.0. The van der Waals surface area contributed by atoms with Crippen LogP contribution in [0.1, 0.15) is 37.3 Å². The number of nitrogens with one attached hydrogen (secondary N) is 2. The number of carbonyl (C=O) groups is 1. The van der Waals surface area contributed by atoms with Crippen molar-refractivity contribution in [2.45, 2.75) is 63.3 Å². The standard InChI is InChI=1S/C27H39N5O3/c1-18(19(2)30-23-14-20-6-4-5-7-21(20)15-23)26(29-17-28)27(33)32-11-8-22(9-12-32)31-24-10-13-35-16-25(24)34-3/h4-7,17,22-25,30-31H,2,8-16H2,1,3H3,(H2,28,29)/b26-18-. The number of methoxy groups -OCH3 is 1. The topological polar surface area (TPSA) is 101 Å². The van der Waals surface area contributed by atoms with E-state index in [-0.39, 0.29) is 24.1 Å². The Balaban J connectivity index is 1.34. The van der Waals surface area contributed by atoms with Crippen LogP contribution in [-0.4, -0.2) is 74.8 Å². The van der Waals surface area contributed by atoms with Crippen LogP contribution in [0.4, 0.5) is 0 Å². The van der Waals surface area contributed by atoms with Crippen molar-refractivity contribution in [3.8, 4) is 0 Å². The Morgan fingerprint density at radius 1 is 1.20 bits per heavy atom. The Morgan fingerprint density at radius 3 is 2.51 bits per heavy atom. The van der Waals surface area contributed by atoms with Crippen molar-refractivity contribution in [1.29, 1.82) is 0 Å². The second-order valence-electron chi connectivity index (χ2n) is 9.73. The summed E-state index contributed by atoms with van der Waals surface area (Å²) in [7, 11) is 1.73. The molecular weight excluding hydrogens is 442 g/mol. The number of benzene rings is 1. The Kier molecular flexibility index (Phi) is 8.59. The fraction of sp³-hybridized carbons (Fsp3) is 0.556. The number of hydrogen-bond donors (Lipinski definition) is 3. The minimum absolute atomic E-state index is 0.0747. The monoisotopic (exact) mass is 481 g/mol. The van der Waals surface area contributed by atoms with E-state index in [4.69, 9.17) is 15.2 Å². The second-order valence-corrected chi connectivity index (χ2v) is 9.73. The average molecular weight is 482 g/mol. The number of piperidine rings is 1. The summed E-state index contributed by atoms with van der Waals surface area (Å²) in [6.07, 6.45) is 5.88. The van der Waals surface area contributed by atoms with Crippen molar-refractivity contribution in [2.24, 2.45) is 10.7 Å². The summed E-state index contributed by atoms with van der Waals surface area (Å²) in [6, 6.07) is 9.40. The average Bonchev–Trinajstić information content (AvgIpc) is 3.29. The van der Waals surface area contributed by atoms with Crippen LogP contribution in [0.5, 0.6) is 0 Å². The van der Waals surface area contributed by atoms with Gasteiger partial charge in [-0.2, -0.15) is 0 Å². The highest BCUT2D eigenvalue weighted by Crippen LogP contribution is 2.25. The molecule has 1 aliphatic carbocycles. The van der Waals surface area contributed by atoms with E-state index in [1.165, 1.54) is 17.5 Å². The summed E-state index contributed by atoms with van der Waals surface area (Å²) in [6.45, 7) is 8.83. The summed E-state index contributed by atoms with van der Waals surface area (Å²) >= 11 is 0. The number of likely N-dealkylation sites (tertiary alicyclic amines) is 1. The first-order chi connectivity index (χ1) is 17.0. The molecule has 0 radical (unpaired) electrons. The fourth-order valence-electron chi connectivity index (χ4n) is 5.38. The van der Waals surface area contributed by atoms with Crippen LogP contribution in [0.15, 0.2) is 52.8 Å². The van der Waals surface area contributed by atoms with Gasteiger partial charge in [0.2, 0.25) is 0 Å². The van der Waals surface area contributed by atoms with Crippen LogP contribution in [0.2, 0.25) is 0 Å². The van der Waals surface area contributed by atoms with Crippen LogP contribution >= 0.6 is 0 Å². The molecule has 0 saturated carbocycles. The number of ether oxygens (including phenoxy) is 2. The molecule has 8 heteroatoms. The summed E-state index contributed by atoms with van der Waals surface area (Å²) in [5, 5.41) is 7.25. The molecule has 3 aliphatic rings. The molecule has 2 atom stereocenters. The van der Waals surface area contributed by atoms with Crippen molar-refractivity contribution in [3.63, 3.8) is 0 Å². The first-order valence-corrected chi connectivity index (χ1v) is 12.6. The summed E-state index contributed by atoms with van der Waals surface area (Å²) < 4.78 is 11.1. The molecule has 4 N–H and O–H groups in total. The van der Waals surface area contributed by atoms with E-state index in [1.54, 1.807) is 7.11 Å². The number of carbonyl (C=O) groups excluding carboxylic acids is 1. The maximum Gasteiger partial charge on any atom is 0.272 e. The van der Waals surface area contributed by atoms with E-state index in [0.29, 0.717) is 31.4 Å². The molecule has 2 aliphatic heterocycles. The Bertz CT molecular complexity index is 942. The molecule has 2 unspecified atom stereocenters. The third-order valence-corrected chi connectivity index (χ3v) is 7.48. The first-order valence-electron chi connectivity index (χ1n) is 12.6. The predicted octanol–water partition coefficient (Wildman–Crippen LogP) is 1.90. The van der Waals surface area contributed by atoms with Gasteiger partial charge in [0.1, 0.15) is 5.70 Å². The van der Waals surface area contributed by atoms with Crippen molar-refractivity contribution in [3.05, 3.63) is 58.9 Å². The molecule has 2 fully saturated rings. The van der Waals surface area contributed by atoms with Gasteiger partial charge in [0.25, 0.3) is 5.91 Å². The lowest BCUT2D eigenvalue weighted by molar-refractivity contribution is -0.128. The van der Waals surface area contributed by atoms with Gasteiger partial charge in [-0.05, 0) is 50.2 Å². The quantitative estimate of drug-likeness (QED) is 0.227. The van der Waals surface area contributed by atoms with Crippen molar-refractivity contribution in [1.82, 2.24) is 15.5 Å².